The molecule has 1 aromatic rings. The molecule has 3 rings (SSSR count). The van der Waals surface area contributed by atoms with Gasteiger partial charge in [-0.05, 0) is 56.9 Å². The van der Waals surface area contributed by atoms with Gasteiger partial charge in [0.1, 0.15) is 0 Å². The van der Waals surface area contributed by atoms with E-state index in [1.54, 1.807) is 29.2 Å². The first kappa shape index (κ1) is 19.4. The second-order valence-corrected chi connectivity index (χ2v) is 7.35. The number of nitrogens with one attached hydrogen (secondary N) is 1. The Kier molecular flexibility index (Phi) is 5.79. The topological polar surface area (TPSA) is 95.9 Å². The molecule has 0 spiro atoms. The Balaban J connectivity index is 1.55. The number of hydrogen-bond donors (Lipinski definition) is 2. The predicted octanol–water partition coefficient (Wildman–Crippen LogP) is 2.38. The van der Waals surface area contributed by atoms with Crippen LogP contribution in [0.2, 0.25) is 0 Å². The van der Waals surface area contributed by atoms with Crippen LogP contribution in [0, 0.1) is 11.3 Å². The average Bonchev–Trinajstić information content (AvgIpc) is 3.48. The molecule has 1 heterocycles. The molecule has 7 nitrogen and oxygen atoms in total. The van der Waals surface area contributed by atoms with E-state index < -0.39 is 11.4 Å². The summed E-state index contributed by atoms with van der Waals surface area (Å²) in [5, 5.41) is 12.0. The van der Waals surface area contributed by atoms with Gasteiger partial charge in [-0.25, -0.2) is 0 Å². The summed E-state index contributed by atoms with van der Waals surface area (Å²) in [7, 11) is 0. The Bertz CT molecular complexity index is 704. The van der Waals surface area contributed by atoms with Crippen molar-refractivity contribution < 1.29 is 24.2 Å². The number of carbonyl (C=O) groups excluding carboxylic acids is 2. The molecule has 2 N–H and O–H groups in total. The number of piperidine rings is 1. The lowest BCUT2D eigenvalue weighted by atomic mass is 9.96. The molecule has 1 saturated carbocycles. The van der Waals surface area contributed by atoms with Crippen molar-refractivity contribution in [2.45, 2.75) is 32.6 Å². The van der Waals surface area contributed by atoms with Gasteiger partial charge in [0.25, 0.3) is 5.91 Å². The van der Waals surface area contributed by atoms with Gasteiger partial charge < -0.3 is 20.1 Å². The maximum atomic E-state index is 12.6. The van der Waals surface area contributed by atoms with Gasteiger partial charge in [-0.2, -0.15) is 0 Å². The molecule has 2 amide bonds. The Morgan fingerprint density at radius 2 is 1.81 bits per heavy atom. The van der Waals surface area contributed by atoms with Gasteiger partial charge in [-0.3, -0.25) is 14.4 Å². The molecule has 2 fully saturated rings. The highest BCUT2D eigenvalue weighted by atomic mass is 16.5. The minimum Gasteiger partial charge on any atom is -0.481 e. The molecule has 1 saturated heterocycles. The first-order valence-electron chi connectivity index (χ1n) is 9.46. The van der Waals surface area contributed by atoms with Gasteiger partial charge in [0.05, 0.1) is 17.9 Å². The van der Waals surface area contributed by atoms with Gasteiger partial charge in [0, 0.05) is 30.9 Å². The molecule has 1 aromatic carbocycles. The Hall–Kier alpha value is -2.41. The number of amides is 2. The number of carboxylic acid groups (broad SMARTS) is 1. The predicted molar refractivity (Wildman–Crippen MR) is 99.5 cm³/mol. The number of aliphatic carboxylic acids is 1. The number of likely N-dealkylation sites (tertiary alicyclic amines) is 1. The molecule has 7 heteroatoms. The van der Waals surface area contributed by atoms with Crippen LogP contribution in [-0.4, -0.2) is 54.1 Å². The van der Waals surface area contributed by atoms with Crippen molar-refractivity contribution in [3.05, 3.63) is 29.8 Å². The maximum absolute atomic E-state index is 12.6. The summed E-state index contributed by atoms with van der Waals surface area (Å²) in [5.74, 6) is -1.30. The molecule has 0 unspecified atom stereocenters. The third-order valence-corrected chi connectivity index (χ3v) is 5.44. The maximum Gasteiger partial charge on any atom is 0.306 e. The van der Waals surface area contributed by atoms with Crippen LogP contribution in [0.15, 0.2) is 24.3 Å². The Labute approximate surface area is 158 Å². The largest absolute Gasteiger partial charge is 0.481 e. The fourth-order valence-electron chi connectivity index (χ4n) is 3.36. The number of carbonyl (C=O) groups is 3. The highest BCUT2D eigenvalue weighted by Gasteiger charge is 2.50. The van der Waals surface area contributed by atoms with E-state index >= 15 is 0 Å². The summed E-state index contributed by atoms with van der Waals surface area (Å²) < 4.78 is 5.41. The van der Waals surface area contributed by atoms with E-state index in [2.05, 4.69) is 5.32 Å². The van der Waals surface area contributed by atoms with Crippen molar-refractivity contribution in [1.29, 1.82) is 0 Å². The van der Waals surface area contributed by atoms with Crippen LogP contribution in [0.4, 0.5) is 5.69 Å². The zero-order valence-electron chi connectivity index (χ0n) is 15.6. The molecule has 1 aliphatic carbocycles. The van der Waals surface area contributed by atoms with Crippen molar-refractivity contribution in [2.75, 3.05) is 31.6 Å². The third-order valence-electron chi connectivity index (χ3n) is 5.44. The van der Waals surface area contributed by atoms with Crippen molar-refractivity contribution in [3.63, 3.8) is 0 Å². The van der Waals surface area contributed by atoms with Crippen LogP contribution < -0.4 is 5.32 Å². The normalized spacial score (nSPS) is 18.8. The first-order chi connectivity index (χ1) is 12.9. The van der Waals surface area contributed by atoms with Gasteiger partial charge in [0.2, 0.25) is 5.91 Å². The van der Waals surface area contributed by atoms with Crippen molar-refractivity contribution in [2.24, 2.45) is 11.3 Å². The Morgan fingerprint density at radius 1 is 1.19 bits per heavy atom. The fraction of sp³-hybridized carbons (Fsp3) is 0.550. The van der Waals surface area contributed by atoms with E-state index in [4.69, 9.17) is 9.84 Å². The summed E-state index contributed by atoms with van der Waals surface area (Å²) in [6.45, 7) is 3.85. The van der Waals surface area contributed by atoms with Crippen LogP contribution in [0.5, 0.6) is 0 Å². The minimum atomic E-state index is -0.792. The molecule has 0 radical (unpaired) electrons. The van der Waals surface area contributed by atoms with E-state index in [9.17, 15) is 14.4 Å². The zero-order chi connectivity index (χ0) is 19.4. The average molecular weight is 374 g/mol. The standard InChI is InChI=1S/C20H26N2O5/c1-2-27-13-20(9-10-20)19(26)21-16-5-3-14(4-6-16)17(23)22-11-7-15(8-12-22)18(24)25/h3-6,15H,2,7-13H2,1H3,(H,21,26)(H,24,25). The molecular formula is C20H26N2O5. The molecule has 27 heavy (non-hydrogen) atoms. The number of anilines is 1. The molecule has 146 valence electrons. The van der Waals surface area contributed by atoms with E-state index in [1.807, 2.05) is 6.92 Å². The fourth-order valence-corrected chi connectivity index (χ4v) is 3.36. The molecule has 0 atom stereocenters. The second kappa shape index (κ2) is 8.08. The number of nitrogens with zero attached hydrogens (tertiary/aromatic N) is 1. The summed E-state index contributed by atoms with van der Waals surface area (Å²) in [4.78, 5) is 37.7. The van der Waals surface area contributed by atoms with E-state index in [0.717, 1.165) is 12.8 Å². The Morgan fingerprint density at radius 3 is 2.33 bits per heavy atom. The second-order valence-electron chi connectivity index (χ2n) is 7.35. The van der Waals surface area contributed by atoms with Crippen LogP contribution >= 0.6 is 0 Å². The van der Waals surface area contributed by atoms with Gasteiger partial charge in [0.15, 0.2) is 0 Å². The number of ether oxygens (including phenoxy) is 1. The number of benzene rings is 1. The molecule has 2 aliphatic rings. The molecular weight excluding hydrogens is 348 g/mol. The highest BCUT2D eigenvalue weighted by Crippen LogP contribution is 2.46. The number of rotatable bonds is 7. The van der Waals surface area contributed by atoms with E-state index in [-0.39, 0.29) is 17.7 Å². The summed E-state index contributed by atoms with van der Waals surface area (Å²) in [6, 6.07) is 6.85. The first-order valence-corrected chi connectivity index (χ1v) is 9.46. The molecule has 0 aromatic heterocycles. The van der Waals surface area contributed by atoms with Crippen LogP contribution in [0.25, 0.3) is 0 Å². The molecule has 0 bridgehead atoms. The third kappa shape index (κ3) is 4.47. The van der Waals surface area contributed by atoms with Crippen LogP contribution in [-0.2, 0) is 14.3 Å². The quantitative estimate of drug-likeness (QED) is 0.764. The van der Waals surface area contributed by atoms with Crippen LogP contribution in [0.1, 0.15) is 43.0 Å². The lowest BCUT2D eigenvalue weighted by Crippen LogP contribution is -2.40. The number of hydrogen-bond acceptors (Lipinski definition) is 4. The van der Waals surface area contributed by atoms with E-state index in [1.165, 1.54) is 0 Å². The SMILES string of the molecule is CCOCC1(C(=O)Nc2ccc(C(=O)N3CCC(C(=O)O)CC3)cc2)CC1. The van der Waals surface area contributed by atoms with Crippen molar-refractivity contribution >= 4 is 23.5 Å². The molecule has 1 aliphatic heterocycles. The summed E-state index contributed by atoms with van der Waals surface area (Å²) in [6.07, 6.45) is 2.64. The highest BCUT2D eigenvalue weighted by molar-refractivity contribution is 5.98. The van der Waals surface area contributed by atoms with Crippen molar-refractivity contribution in [1.82, 2.24) is 4.90 Å². The zero-order valence-corrected chi connectivity index (χ0v) is 15.6. The van der Waals surface area contributed by atoms with E-state index in [0.29, 0.717) is 50.4 Å². The lowest BCUT2D eigenvalue weighted by Gasteiger charge is -2.30. The van der Waals surface area contributed by atoms with Crippen molar-refractivity contribution in [3.8, 4) is 0 Å². The summed E-state index contributed by atoms with van der Waals surface area (Å²) >= 11 is 0. The van der Waals surface area contributed by atoms with Gasteiger partial charge in [-0.15, -0.1) is 0 Å². The smallest absolute Gasteiger partial charge is 0.306 e. The lowest BCUT2D eigenvalue weighted by molar-refractivity contribution is -0.143. The van der Waals surface area contributed by atoms with Gasteiger partial charge in [-0.1, -0.05) is 0 Å². The monoisotopic (exact) mass is 374 g/mol. The minimum absolute atomic E-state index is 0.0363. The summed E-state index contributed by atoms with van der Waals surface area (Å²) in [5.41, 5.74) is 0.792. The number of carboxylic acids is 1. The van der Waals surface area contributed by atoms with Crippen LogP contribution in [0.3, 0.4) is 0 Å². The van der Waals surface area contributed by atoms with Gasteiger partial charge >= 0.3 is 5.97 Å².